The molecule has 6 heteroatoms. The van der Waals surface area contributed by atoms with E-state index in [4.69, 9.17) is 9.66 Å². The van der Waals surface area contributed by atoms with Gasteiger partial charge in [-0.3, -0.25) is 9.35 Å². The lowest BCUT2D eigenvalue weighted by molar-refractivity contribution is -0.137. The van der Waals surface area contributed by atoms with E-state index >= 15 is 0 Å². The van der Waals surface area contributed by atoms with Crippen molar-refractivity contribution in [3.8, 4) is 0 Å². The number of hydrogen-bond acceptors (Lipinski definition) is 3. The third-order valence-electron chi connectivity index (χ3n) is 2.08. The zero-order valence-electron chi connectivity index (χ0n) is 8.46. The number of aryl methyl sites for hydroxylation is 1. The Balaban J connectivity index is 2.62. The summed E-state index contributed by atoms with van der Waals surface area (Å²) in [6.45, 7) is 0. The van der Waals surface area contributed by atoms with E-state index in [0.717, 1.165) is 5.56 Å². The van der Waals surface area contributed by atoms with E-state index in [1.165, 1.54) is 12.1 Å². The smallest absolute Gasteiger partial charge is 0.303 e. The average Bonchev–Trinajstić information content (AvgIpc) is 2.16. The number of carboxylic acid groups (broad SMARTS) is 1. The van der Waals surface area contributed by atoms with Gasteiger partial charge in [-0.1, -0.05) is 12.1 Å². The van der Waals surface area contributed by atoms with Crippen molar-refractivity contribution in [2.45, 2.75) is 24.2 Å². The molecule has 1 rings (SSSR count). The molecule has 5 nitrogen and oxygen atoms in total. The SMILES string of the molecule is O=C(O)CCCc1ccc(S(=O)(=O)O)cc1. The van der Waals surface area contributed by atoms with Crippen LogP contribution in [0.4, 0.5) is 0 Å². The van der Waals surface area contributed by atoms with Gasteiger partial charge in [0, 0.05) is 6.42 Å². The van der Waals surface area contributed by atoms with Crippen LogP contribution in [0.15, 0.2) is 29.2 Å². The van der Waals surface area contributed by atoms with E-state index in [-0.39, 0.29) is 11.3 Å². The highest BCUT2D eigenvalue weighted by Gasteiger charge is 2.08. The second-order valence-corrected chi connectivity index (χ2v) is 4.79. The van der Waals surface area contributed by atoms with Gasteiger partial charge in [0.25, 0.3) is 10.1 Å². The number of rotatable bonds is 5. The average molecular weight is 244 g/mol. The molecule has 2 N–H and O–H groups in total. The predicted molar refractivity (Wildman–Crippen MR) is 56.8 cm³/mol. The molecule has 0 aliphatic rings. The van der Waals surface area contributed by atoms with E-state index < -0.39 is 16.1 Å². The maximum atomic E-state index is 10.7. The summed E-state index contributed by atoms with van der Waals surface area (Å²) in [5.41, 5.74) is 0.841. The number of aliphatic carboxylic acids is 1. The molecule has 0 aromatic heterocycles. The molecule has 1 aromatic rings. The van der Waals surface area contributed by atoms with Gasteiger partial charge in [0.15, 0.2) is 0 Å². The van der Waals surface area contributed by atoms with Gasteiger partial charge in [-0.25, -0.2) is 0 Å². The number of benzene rings is 1. The van der Waals surface area contributed by atoms with Gasteiger partial charge in [-0.2, -0.15) is 8.42 Å². The van der Waals surface area contributed by atoms with Crippen molar-refractivity contribution in [1.82, 2.24) is 0 Å². The van der Waals surface area contributed by atoms with Gasteiger partial charge >= 0.3 is 5.97 Å². The molecule has 0 saturated carbocycles. The molecule has 0 fully saturated rings. The van der Waals surface area contributed by atoms with Crippen LogP contribution in [0.2, 0.25) is 0 Å². The molecule has 0 amide bonds. The highest BCUT2D eigenvalue weighted by atomic mass is 32.2. The molecule has 0 unspecified atom stereocenters. The molecule has 16 heavy (non-hydrogen) atoms. The van der Waals surface area contributed by atoms with Gasteiger partial charge in [0.05, 0.1) is 4.90 Å². The van der Waals surface area contributed by atoms with E-state index in [0.29, 0.717) is 12.8 Å². The molecular weight excluding hydrogens is 232 g/mol. The Morgan fingerprint density at radius 2 is 1.75 bits per heavy atom. The summed E-state index contributed by atoms with van der Waals surface area (Å²) >= 11 is 0. The molecule has 0 radical (unpaired) electrons. The van der Waals surface area contributed by atoms with Crippen LogP contribution in [0.3, 0.4) is 0 Å². The highest BCUT2D eigenvalue weighted by Crippen LogP contribution is 2.11. The molecule has 0 atom stereocenters. The van der Waals surface area contributed by atoms with Crippen molar-refractivity contribution in [2.24, 2.45) is 0 Å². The first-order valence-electron chi connectivity index (χ1n) is 4.68. The molecule has 0 spiro atoms. The van der Waals surface area contributed by atoms with Crippen LogP contribution in [0, 0.1) is 0 Å². The molecule has 0 bridgehead atoms. The standard InChI is InChI=1S/C10H12O5S/c11-10(12)3-1-2-8-4-6-9(7-5-8)16(13,14)15/h4-7H,1-3H2,(H,11,12)(H,13,14,15). The lowest BCUT2D eigenvalue weighted by atomic mass is 10.1. The van der Waals surface area contributed by atoms with Crippen molar-refractivity contribution in [3.05, 3.63) is 29.8 Å². The first kappa shape index (κ1) is 12.7. The summed E-state index contributed by atoms with van der Waals surface area (Å²) in [5.74, 6) is -0.852. The lowest BCUT2D eigenvalue weighted by Gasteiger charge is -2.01. The second-order valence-electron chi connectivity index (χ2n) is 3.37. The Labute approximate surface area is 93.5 Å². The molecule has 1 aromatic carbocycles. The van der Waals surface area contributed by atoms with Gasteiger partial charge in [-0.05, 0) is 30.5 Å². The Morgan fingerprint density at radius 3 is 2.19 bits per heavy atom. The van der Waals surface area contributed by atoms with Crippen LogP contribution in [0.1, 0.15) is 18.4 Å². The van der Waals surface area contributed by atoms with Gasteiger partial charge in [0.2, 0.25) is 0 Å². The highest BCUT2D eigenvalue weighted by molar-refractivity contribution is 7.85. The van der Waals surface area contributed by atoms with Gasteiger partial charge in [0.1, 0.15) is 0 Å². The maximum absolute atomic E-state index is 10.7. The minimum atomic E-state index is -4.15. The molecule has 0 saturated heterocycles. The monoisotopic (exact) mass is 244 g/mol. The quantitative estimate of drug-likeness (QED) is 0.762. The zero-order chi connectivity index (χ0) is 12.2. The Hall–Kier alpha value is -1.40. The van der Waals surface area contributed by atoms with Crippen LogP contribution in [-0.4, -0.2) is 24.0 Å². The lowest BCUT2D eigenvalue weighted by Crippen LogP contribution is -1.99. The minimum Gasteiger partial charge on any atom is -0.481 e. The number of carbonyl (C=O) groups is 1. The second kappa shape index (κ2) is 5.09. The Morgan fingerprint density at radius 1 is 1.19 bits per heavy atom. The van der Waals surface area contributed by atoms with Crippen LogP contribution in [-0.2, 0) is 21.3 Å². The van der Waals surface area contributed by atoms with Crippen LogP contribution < -0.4 is 0 Å². The first-order valence-corrected chi connectivity index (χ1v) is 6.12. The fraction of sp³-hybridized carbons (Fsp3) is 0.300. The van der Waals surface area contributed by atoms with E-state index in [9.17, 15) is 13.2 Å². The number of hydrogen-bond donors (Lipinski definition) is 2. The third kappa shape index (κ3) is 4.00. The van der Waals surface area contributed by atoms with Crippen LogP contribution in [0.25, 0.3) is 0 Å². The summed E-state index contributed by atoms with van der Waals surface area (Å²) in [7, 11) is -4.15. The van der Waals surface area contributed by atoms with E-state index in [1.807, 2.05) is 0 Å². The summed E-state index contributed by atoms with van der Waals surface area (Å²) in [5, 5.41) is 8.43. The summed E-state index contributed by atoms with van der Waals surface area (Å²) < 4.78 is 30.2. The molecule has 88 valence electrons. The molecular formula is C10H12O5S. The summed E-state index contributed by atoms with van der Waals surface area (Å²) in [4.78, 5) is 10.1. The molecule has 0 aliphatic heterocycles. The largest absolute Gasteiger partial charge is 0.481 e. The first-order chi connectivity index (χ1) is 7.39. The van der Waals surface area contributed by atoms with Crippen molar-refractivity contribution >= 4 is 16.1 Å². The van der Waals surface area contributed by atoms with E-state index in [2.05, 4.69) is 0 Å². The maximum Gasteiger partial charge on any atom is 0.303 e. The van der Waals surface area contributed by atoms with Crippen molar-refractivity contribution in [2.75, 3.05) is 0 Å². The van der Waals surface area contributed by atoms with E-state index in [1.54, 1.807) is 12.1 Å². The Kier molecular flexibility index (Phi) is 4.03. The van der Waals surface area contributed by atoms with Crippen molar-refractivity contribution in [1.29, 1.82) is 0 Å². The minimum absolute atomic E-state index is 0.0834. The molecule has 0 heterocycles. The van der Waals surface area contributed by atoms with Gasteiger partial charge < -0.3 is 5.11 Å². The topological polar surface area (TPSA) is 91.7 Å². The van der Waals surface area contributed by atoms with Crippen molar-refractivity contribution < 1.29 is 22.9 Å². The Bertz CT molecular complexity index is 460. The van der Waals surface area contributed by atoms with Crippen LogP contribution in [0.5, 0.6) is 0 Å². The molecule has 0 aliphatic carbocycles. The summed E-state index contributed by atoms with van der Waals surface area (Å²) in [6.07, 6.45) is 1.15. The normalized spacial score (nSPS) is 11.3. The summed E-state index contributed by atoms with van der Waals surface area (Å²) in [6, 6.07) is 5.72. The van der Waals surface area contributed by atoms with Gasteiger partial charge in [-0.15, -0.1) is 0 Å². The predicted octanol–water partition coefficient (Wildman–Crippen LogP) is 1.34. The van der Waals surface area contributed by atoms with Crippen LogP contribution >= 0.6 is 0 Å². The fourth-order valence-corrected chi connectivity index (χ4v) is 1.75. The zero-order valence-corrected chi connectivity index (χ0v) is 9.27. The van der Waals surface area contributed by atoms with Crippen molar-refractivity contribution in [3.63, 3.8) is 0 Å². The fourth-order valence-electron chi connectivity index (χ4n) is 1.27. The number of carboxylic acids is 1. The third-order valence-corrected chi connectivity index (χ3v) is 2.95.